The minimum atomic E-state index is -0.109. The molecule has 0 aliphatic heterocycles. The van der Waals surface area contributed by atoms with Crippen LogP contribution < -0.4 is 5.32 Å². The molecule has 2 aromatic carbocycles. The topological polar surface area (TPSA) is 29.1 Å². The third-order valence-electron chi connectivity index (χ3n) is 3.14. The SMILES string of the molecule is CCCCc1ccc(NC(=O)c2cccc(S)c2)cc1. The van der Waals surface area contributed by atoms with Gasteiger partial charge in [0.05, 0.1) is 0 Å². The van der Waals surface area contributed by atoms with E-state index in [4.69, 9.17) is 0 Å². The number of carbonyl (C=O) groups excluding carboxylic acids is 1. The molecule has 2 nitrogen and oxygen atoms in total. The molecule has 0 fully saturated rings. The van der Waals surface area contributed by atoms with Crippen LogP contribution in [0.4, 0.5) is 5.69 Å². The molecule has 0 aromatic heterocycles. The van der Waals surface area contributed by atoms with Crippen molar-refractivity contribution in [2.24, 2.45) is 0 Å². The highest BCUT2D eigenvalue weighted by molar-refractivity contribution is 7.80. The van der Waals surface area contributed by atoms with Gasteiger partial charge < -0.3 is 5.32 Å². The van der Waals surface area contributed by atoms with Gasteiger partial charge in [0, 0.05) is 16.1 Å². The van der Waals surface area contributed by atoms with Gasteiger partial charge in [-0.3, -0.25) is 4.79 Å². The Morgan fingerprint density at radius 3 is 2.55 bits per heavy atom. The van der Waals surface area contributed by atoms with Crippen molar-refractivity contribution >= 4 is 24.2 Å². The Morgan fingerprint density at radius 2 is 1.90 bits per heavy atom. The van der Waals surface area contributed by atoms with E-state index in [9.17, 15) is 4.79 Å². The van der Waals surface area contributed by atoms with Gasteiger partial charge in [-0.05, 0) is 48.7 Å². The van der Waals surface area contributed by atoms with Crippen molar-refractivity contribution < 1.29 is 4.79 Å². The highest BCUT2D eigenvalue weighted by Gasteiger charge is 2.06. The second-order valence-corrected chi connectivity index (χ2v) is 5.32. The Hall–Kier alpha value is -1.74. The molecule has 2 rings (SSSR count). The Bertz CT molecular complexity index is 578. The van der Waals surface area contributed by atoms with Crippen molar-refractivity contribution in [3.63, 3.8) is 0 Å². The largest absolute Gasteiger partial charge is 0.322 e. The average Bonchev–Trinajstić information content (AvgIpc) is 2.46. The van der Waals surface area contributed by atoms with Crippen molar-refractivity contribution in [2.75, 3.05) is 5.32 Å². The van der Waals surface area contributed by atoms with E-state index >= 15 is 0 Å². The van der Waals surface area contributed by atoms with Crippen molar-refractivity contribution in [3.8, 4) is 0 Å². The molecule has 0 spiro atoms. The Labute approximate surface area is 125 Å². The van der Waals surface area contributed by atoms with E-state index < -0.39 is 0 Å². The van der Waals surface area contributed by atoms with Crippen molar-refractivity contribution in [3.05, 3.63) is 59.7 Å². The maximum atomic E-state index is 12.1. The molecule has 0 aliphatic rings. The smallest absolute Gasteiger partial charge is 0.255 e. The quantitative estimate of drug-likeness (QED) is 0.774. The van der Waals surface area contributed by atoms with Crippen molar-refractivity contribution in [2.45, 2.75) is 31.1 Å². The number of nitrogens with one attached hydrogen (secondary N) is 1. The van der Waals surface area contributed by atoms with Gasteiger partial charge in [0.25, 0.3) is 5.91 Å². The number of aryl methyl sites for hydroxylation is 1. The fourth-order valence-electron chi connectivity index (χ4n) is 1.99. The summed E-state index contributed by atoms with van der Waals surface area (Å²) >= 11 is 4.24. The summed E-state index contributed by atoms with van der Waals surface area (Å²) in [7, 11) is 0. The lowest BCUT2D eigenvalue weighted by Gasteiger charge is -2.07. The zero-order valence-corrected chi connectivity index (χ0v) is 12.5. The van der Waals surface area contributed by atoms with E-state index in [-0.39, 0.29) is 5.91 Å². The average molecular weight is 285 g/mol. The lowest BCUT2D eigenvalue weighted by atomic mass is 10.1. The van der Waals surface area contributed by atoms with Crippen molar-refractivity contribution in [1.29, 1.82) is 0 Å². The number of hydrogen-bond acceptors (Lipinski definition) is 2. The van der Waals surface area contributed by atoms with E-state index in [1.807, 2.05) is 24.3 Å². The summed E-state index contributed by atoms with van der Waals surface area (Å²) in [6.07, 6.45) is 3.48. The van der Waals surface area contributed by atoms with Gasteiger partial charge in [-0.1, -0.05) is 31.5 Å². The maximum Gasteiger partial charge on any atom is 0.255 e. The van der Waals surface area contributed by atoms with Gasteiger partial charge in [0.15, 0.2) is 0 Å². The molecule has 0 radical (unpaired) electrons. The van der Waals surface area contributed by atoms with E-state index in [1.54, 1.807) is 12.1 Å². The number of thiol groups is 1. The molecule has 1 N–H and O–H groups in total. The van der Waals surface area contributed by atoms with Crippen LogP contribution in [0.5, 0.6) is 0 Å². The van der Waals surface area contributed by atoms with Crippen molar-refractivity contribution in [1.82, 2.24) is 0 Å². The lowest BCUT2D eigenvalue weighted by Crippen LogP contribution is -2.11. The van der Waals surface area contributed by atoms with E-state index in [1.165, 1.54) is 18.4 Å². The van der Waals surface area contributed by atoms with Gasteiger partial charge in [0.1, 0.15) is 0 Å². The van der Waals surface area contributed by atoms with E-state index in [0.717, 1.165) is 17.0 Å². The Morgan fingerprint density at radius 1 is 1.15 bits per heavy atom. The van der Waals surface area contributed by atoms with Gasteiger partial charge in [-0.15, -0.1) is 12.6 Å². The lowest BCUT2D eigenvalue weighted by molar-refractivity contribution is 0.102. The monoisotopic (exact) mass is 285 g/mol. The van der Waals surface area contributed by atoms with Gasteiger partial charge in [-0.2, -0.15) is 0 Å². The third-order valence-corrected chi connectivity index (χ3v) is 3.42. The number of benzene rings is 2. The Balaban J connectivity index is 2.01. The first-order chi connectivity index (χ1) is 9.69. The molecular weight excluding hydrogens is 266 g/mol. The van der Waals surface area contributed by atoms with Gasteiger partial charge in [0.2, 0.25) is 0 Å². The summed E-state index contributed by atoms with van der Waals surface area (Å²) in [6.45, 7) is 2.18. The maximum absolute atomic E-state index is 12.1. The standard InChI is InChI=1S/C17H19NOS/c1-2-3-5-13-8-10-15(11-9-13)18-17(19)14-6-4-7-16(20)12-14/h4,6-12,20H,2-3,5H2,1H3,(H,18,19). The van der Waals surface area contributed by atoms with Crippen LogP contribution >= 0.6 is 12.6 Å². The predicted octanol–water partition coefficient (Wildman–Crippen LogP) is 4.57. The van der Waals surface area contributed by atoms with Crippen LogP contribution in [0.3, 0.4) is 0 Å². The number of carbonyl (C=O) groups is 1. The molecule has 2 aromatic rings. The summed E-state index contributed by atoms with van der Waals surface area (Å²) in [5.74, 6) is -0.109. The first kappa shape index (κ1) is 14.7. The number of amides is 1. The fourth-order valence-corrected chi connectivity index (χ4v) is 2.21. The summed E-state index contributed by atoms with van der Waals surface area (Å²) in [4.78, 5) is 12.9. The molecule has 1 amide bonds. The first-order valence-corrected chi connectivity index (χ1v) is 7.33. The summed E-state index contributed by atoms with van der Waals surface area (Å²) < 4.78 is 0. The molecule has 0 saturated heterocycles. The van der Waals surface area contributed by atoms with Gasteiger partial charge in [-0.25, -0.2) is 0 Å². The first-order valence-electron chi connectivity index (χ1n) is 6.88. The van der Waals surface area contributed by atoms with E-state index in [2.05, 4.69) is 37.0 Å². The molecule has 104 valence electrons. The molecule has 0 bridgehead atoms. The van der Waals surface area contributed by atoms with Crippen LogP contribution in [-0.2, 0) is 6.42 Å². The highest BCUT2D eigenvalue weighted by atomic mass is 32.1. The van der Waals surface area contributed by atoms with Crippen LogP contribution in [0.2, 0.25) is 0 Å². The molecule has 0 saturated carbocycles. The molecule has 0 aliphatic carbocycles. The third kappa shape index (κ3) is 4.14. The minimum absolute atomic E-state index is 0.109. The second kappa shape index (κ2) is 7.15. The second-order valence-electron chi connectivity index (χ2n) is 4.80. The summed E-state index contributed by atoms with van der Waals surface area (Å²) in [6, 6.07) is 15.3. The number of hydrogen-bond donors (Lipinski definition) is 2. The molecular formula is C17H19NOS. The number of anilines is 1. The fraction of sp³-hybridized carbons (Fsp3) is 0.235. The zero-order chi connectivity index (χ0) is 14.4. The molecule has 0 unspecified atom stereocenters. The minimum Gasteiger partial charge on any atom is -0.322 e. The molecule has 3 heteroatoms. The number of rotatable bonds is 5. The Kier molecular flexibility index (Phi) is 5.24. The summed E-state index contributed by atoms with van der Waals surface area (Å²) in [5.41, 5.74) is 2.74. The van der Waals surface area contributed by atoms with Crippen LogP contribution in [0.25, 0.3) is 0 Å². The highest BCUT2D eigenvalue weighted by Crippen LogP contribution is 2.14. The molecule has 0 atom stereocenters. The number of unbranched alkanes of at least 4 members (excludes halogenated alkanes) is 1. The molecule has 20 heavy (non-hydrogen) atoms. The van der Waals surface area contributed by atoms with Crippen LogP contribution in [0.1, 0.15) is 35.7 Å². The molecule has 0 heterocycles. The predicted molar refractivity (Wildman–Crippen MR) is 86.7 cm³/mol. The summed E-state index contributed by atoms with van der Waals surface area (Å²) in [5, 5.41) is 2.90. The normalized spacial score (nSPS) is 10.3. The van der Waals surface area contributed by atoms with Crippen LogP contribution in [0, 0.1) is 0 Å². The van der Waals surface area contributed by atoms with Crippen LogP contribution in [0.15, 0.2) is 53.4 Å². The zero-order valence-electron chi connectivity index (χ0n) is 11.6. The van der Waals surface area contributed by atoms with Gasteiger partial charge >= 0.3 is 0 Å². The van der Waals surface area contributed by atoms with Crippen LogP contribution in [-0.4, -0.2) is 5.91 Å². The van der Waals surface area contributed by atoms with E-state index in [0.29, 0.717) is 5.56 Å².